The highest BCUT2D eigenvalue weighted by Gasteiger charge is 2.07. The third-order valence-electron chi connectivity index (χ3n) is 3.14. The summed E-state index contributed by atoms with van der Waals surface area (Å²) in [7, 11) is 0. The van der Waals surface area contributed by atoms with Gasteiger partial charge in [-0.3, -0.25) is 4.68 Å². The van der Waals surface area contributed by atoms with E-state index in [1.807, 2.05) is 38.2 Å². The van der Waals surface area contributed by atoms with Gasteiger partial charge in [-0.2, -0.15) is 5.10 Å². The van der Waals surface area contributed by atoms with Crippen LogP contribution in [0.4, 0.5) is 10.5 Å². The lowest BCUT2D eigenvalue weighted by molar-refractivity contribution is 0.252. The average Bonchev–Trinajstić information content (AvgIpc) is 2.88. The number of thioether (sulfide) groups is 1. The summed E-state index contributed by atoms with van der Waals surface area (Å²) in [5.41, 5.74) is 1.59. The second-order valence-corrected chi connectivity index (χ2v) is 6.05. The van der Waals surface area contributed by atoms with Gasteiger partial charge in [-0.1, -0.05) is 18.2 Å². The van der Waals surface area contributed by atoms with Gasteiger partial charge < -0.3 is 10.6 Å². The molecule has 6 heteroatoms. The molecular weight excluding hydrogens is 296 g/mol. The molecule has 1 aromatic heterocycles. The van der Waals surface area contributed by atoms with Crippen LogP contribution in [0.5, 0.6) is 0 Å². The van der Waals surface area contributed by atoms with Gasteiger partial charge in [0.15, 0.2) is 0 Å². The number of aromatic nitrogens is 2. The number of aryl methyl sites for hydroxylation is 2. The lowest BCUT2D eigenvalue weighted by atomic mass is 10.4. The summed E-state index contributed by atoms with van der Waals surface area (Å²) in [5, 5.41) is 10.0. The molecule has 0 saturated carbocycles. The van der Waals surface area contributed by atoms with Gasteiger partial charge in [-0.15, -0.1) is 11.8 Å². The fourth-order valence-corrected chi connectivity index (χ4v) is 2.82. The SMILES string of the molecule is CCn1cc(NC(=O)NCCCSc2ccccc2)c(C)n1. The Labute approximate surface area is 135 Å². The van der Waals surface area contributed by atoms with E-state index in [4.69, 9.17) is 0 Å². The predicted octanol–water partition coefficient (Wildman–Crippen LogP) is 3.52. The number of hydrogen-bond donors (Lipinski definition) is 2. The highest BCUT2D eigenvalue weighted by Crippen LogP contribution is 2.17. The molecule has 2 aromatic rings. The van der Waals surface area contributed by atoms with Crippen LogP contribution in [0.25, 0.3) is 0 Å². The van der Waals surface area contributed by atoms with E-state index in [0.717, 1.165) is 30.1 Å². The molecule has 2 rings (SSSR count). The van der Waals surface area contributed by atoms with E-state index in [2.05, 4.69) is 27.9 Å². The number of nitrogens with one attached hydrogen (secondary N) is 2. The van der Waals surface area contributed by atoms with Crippen LogP contribution in [0.15, 0.2) is 41.4 Å². The molecule has 2 N–H and O–H groups in total. The molecule has 118 valence electrons. The first-order valence-corrected chi connectivity index (χ1v) is 8.44. The van der Waals surface area contributed by atoms with Crippen molar-refractivity contribution in [3.63, 3.8) is 0 Å². The molecule has 0 aliphatic heterocycles. The Morgan fingerprint density at radius 2 is 2.09 bits per heavy atom. The molecule has 0 aliphatic rings. The number of benzene rings is 1. The van der Waals surface area contributed by atoms with E-state index < -0.39 is 0 Å². The molecule has 0 saturated heterocycles. The second-order valence-electron chi connectivity index (χ2n) is 4.88. The van der Waals surface area contributed by atoms with Crippen LogP contribution in [0.3, 0.4) is 0 Å². The van der Waals surface area contributed by atoms with Crippen molar-refractivity contribution in [2.24, 2.45) is 0 Å². The highest BCUT2D eigenvalue weighted by molar-refractivity contribution is 7.99. The Hall–Kier alpha value is -1.95. The zero-order valence-electron chi connectivity index (χ0n) is 13.0. The quantitative estimate of drug-likeness (QED) is 0.606. The molecule has 5 nitrogen and oxygen atoms in total. The molecule has 22 heavy (non-hydrogen) atoms. The molecule has 0 fully saturated rings. The summed E-state index contributed by atoms with van der Waals surface area (Å²) in [5.74, 6) is 0.983. The maximum atomic E-state index is 11.8. The standard InChI is InChI=1S/C16H22N4OS/c1-3-20-12-15(13(2)19-20)18-16(21)17-10-7-11-22-14-8-5-4-6-9-14/h4-6,8-9,12H,3,7,10-11H2,1-2H3,(H2,17,18,21). The molecule has 0 bridgehead atoms. The van der Waals surface area contributed by atoms with Gasteiger partial charge >= 0.3 is 6.03 Å². The van der Waals surface area contributed by atoms with E-state index in [9.17, 15) is 4.79 Å². The minimum absolute atomic E-state index is 0.177. The lowest BCUT2D eigenvalue weighted by Gasteiger charge is -2.06. The van der Waals surface area contributed by atoms with Gasteiger partial charge in [0.25, 0.3) is 0 Å². The fraction of sp³-hybridized carbons (Fsp3) is 0.375. The second kappa shape index (κ2) is 8.48. The molecule has 0 aliphatic carbocycles. The van der Waals surface area contributed by atoms with Gasteiger partial charge in [0.1, 0.15) is 0 Å². The number of hydrogen-bond acceptors (Lipinski definition) is 3. The van der Waals surface area contributed by atoms with Crippen molar-refractivity contribution in [1.82, 2.24) is 15.1 Å². The van der Waals surface area contributed by atoms with Crippen molar-refractivity contribution < 1.29 is 4.79 Å². The summed E-state index contributed by atoms with van der Waals surface area (Å²) < 4.78 is 1.81. The maximum absolute atomic E-state index is 11.8. The summed E-state index contributed by atoms with van der Waals surface area (Å²) >= 11 is 1.80. The first-order valence-electron chi connectivity index (χ1n) is 7.45. The Balaban J connectivity index is 1.64. The molecule has 0 unspecified atom stereocenters. The van der Waals surface area contributed by atoms with Gasteiger partial charge in [0, 0.05) is 24.2 Å². The highest BCUT2D eigenvalue weighted by atomic mass is 32.2. The normalized spacial score (nSPS) is 10.5. The third kappa shape index (κ3) is 5.11. The molecule has 0 atom stereocenters. The van der Waals surface area contributed by atoms with E-state index in [1.165, 1.54) is 4.90 Å². The van der Waals surface area contributed by atoms with Gasteiger partial charge in [0.05, 0.1) is 11.4 Å². The van der Waals surface area contributed by atoms with Crippen LogP contribution in [-0.4, -0.2) is 28.1 Å². The smallest absolute Gasteiger partial charge is 0.319 e. The van der Waals surface area contributed by atoms with Crippen LogP contribution in [0, 0.1) is 6.92 Å². The van der Waals surface area contributed by atoms with Gasteiger partial charge in [-0.25, -0.2) is 4.79 Å². The molecule has 1 heterocycles. The first kappa shape index (κ1) is 16.4. The molecule has 0 radical (unpaired) electrons. The van der Waals surface area contributed by atoms with Crippen molar-refractivity contribution in [1.29, 1.82) is 0 Å². The molecule has 2 amide bonds. The zero-order chi connectivity index (χ0) is 15.8. The number of carbonyl (C=O) groups excluding carboxylic acids is 1. The summed E-state index contributed by atoms with van der Waals surface area (Å²) in [6.45, 7) is 5.35. The van der Waals surface area contributed by atoms with Crippen LogP contribution < -0.4 is 10.6 Å². The minimum Gasteiger partial charge on any atom is -0.338 e. The van der Waals surface area contributed by atoms with Gasteiger partial charge in [-0.05, 0) is 38.2 Å². The number of nitrogens with zero attached hydrogens (tertiary/aromatic N) is 2. The van der Waals surface area contributed by atoms with Crippen LogP contribution in [-0.2, 0) is 6.54 Å². The number of anilines is 1. The summed E-state index contributed by atoms with van der Waals surface area (Å²) in [6, 6.07) is 10.1. The van der Waals surface area contributed by atoms with Crippen molar-refractivity contribution in [2.75, 3.05) is 17.6 Å². The number of amides is 2. The summed E-state index contributed by atoms with van der Waals surface area (Å²) in [6.07, 6.45) is 2.78. The molecule has 0 spiro atoms. The van der Waals surface area contributed by atoms with Crippen LogP contribution >= 0.6 is 11.8 Å². The third-order valence-corrected chi connectivity index (χ3v) is 4.24. The van der Waals surface area contributed by atoms with Crippen molar-refractivity contribution >= 4 is 23.5 Å². The Kier molecular flexibility index (Phi) is 6.33. The zero-order valence-corrected chi connectivity index (χ0v) is 13.8. The fourth-order valence-electron chi connectivity index (χ4n) is 1.95. The Morgan fingerprint density at radius 1 is 1.32 bits per heavy atom. The van der Waals surface area contributed by atoms with Crippen molar-refractivity contribution in [3.8, 4) is 0 Å². The molecule has 1 aromatic carbocycles. The van der Waals surface area contributed by atoms with Crippen LogP contribution in [0.2, 0.25) is 0 Å². The van der Waals surface area contributed by atoms with E-state index >= 15 is 0 Å². The first-order chi connectivity index (χ1) is 10.7. The topological polar surface area (TPSA) is 59.0 Å². The maximum Gasteiger partial charge on any atom is 0.319 e. The molecular formula is C16H22N4OS. The lowest BCUT2D eigenvalue weighted by Crippen LogP contribution is -2.29. The van der Waals surface area contributed by atoms with E-state index in [0.29, 0.717) is 6.54 Å². The van der Waals surface area contributed by atoms with E-state index in [1.54, 1.807) is 16.4 Å². The summed E-state index contributed by atoms with van der Waals surface area (Å²) in [4.78, 5) is 13.1. The predicted molar refractivity (Wildman–Crippen MR) is 91.4 cm³/mol. The number of rotatable bonds is 7. The van der Waals surface area contributed by atoms with Gasteiger partial charge in [0.2, 0.25) is 0 Å². The average molecular weight is 318 g/mol. The number of urea groups is 1. The van der Waals surface area contributed by atoms with E-state index in [-0.39, 0.29) is 6.03 Å². The van der Waals surface area contributed by atoms with Crippen molar-refractivity contribution in [3.05, 3.63) is 42.2 Å². The minimum atomic E-state index is -0.177. The monoisotopic (exact) mass is 318 g/mol. The Morgan fingerprint density at radius 3 is 2.77 bits per heavy atom. The largest absolute Gasteiger partial charge is 0.338 e. The number of carbonyl (C=O) groups is 1. The Bertz CT molecular complexity index is 597. The van der Waals surface area contributed by atoms with Crippen molar-refractivity contribution in [2.45, 2.75) is 31.7 Å². The van der Waals surface area contributed by atoms with Crippen LogP contribution in [0.1, 0.15) is 19.0 Å².